The molecule has 0 bridgehead atoms. The molecule has 1 atom stereocenters. The highest BCUT2D eigenvalue weighted by Crippen LogP contribution is 2.31. The molecule has 1 aliphatic heterocycles. The monoisotopic (exact) mass is 358 g/mol. The first-order valence-corrected chi connectivity index (χ1v) is 8.93. The van der Waals surface area contributed by atoms with E-state index in [1.807, 2.05) is 0 Å². The minimum Gasteiger partial charge on any atom is -0.481 e. The standard InChI is InChI=1S/C19H22N2O5/c1-11(19(25)26)10-20-16(22)12-7-8-14-15(9-12)18(24)21(17(14)23)13-5-3-2-4-6-13/h7-9,11,13H,2-6,10H2,1H3,(H,20,22)(H,25,26). The van der Waals surface area contributed by atoms with Gasteiger partial charge in [-0.15, -0.1) is 0 Å². The number of nitrogens with zero attached hydrogens (tertiary/aromatic N) is 1. The van der Waals surface area contributed by atoms with Crippen LogP contribution in [0.25, 0.3) is 0 Å². The number of carbonyl (C=O) groups excluding carboxylic acids is 3. The Labute approximate surface area is 151 Å². The Morgan fingerprint density at radius 1 is 1.15 bits per heavy atom. The molecule has 0 saturated heterocycles. The van der Waals surface area contributed by atoms with Crippen LogP contribution < -0.4 is 5.32 Å². The van der Waals surface area contributed by atoms with Gasteiger partial charge in [0.15, 0.2) is 0 Å². The average Bonchev–Trinajstić information content (AvgIpc) is 2.90. The topological polar surface area (TPSA) is 104 Å². The number of nitrogens with one attached hydrogen (secondary N) is 1. The van der Waals surface area contributed by atoms with Crippen molar-refractivity contribution < 1.29 is 24.3 Å². The van der Waals surface area contributed by atoms with Crippen LogP contribution in [-0.2, 0) is 4.79 Å². The third kappa shape index (κ3) is 3.34. The van der Waals surface area contributed by atoms with E-state index >= 15 is 0 Å². The molecule has 7 heteroatoms. The number of carboxylic acid groups (broad SMARTS) is 1. The Hall–Kier alpha value is -2.70. The minimum absolute atomic E-state index is 0.00761. The fourth-order valence-electron chi connectivity index (χ4n) is 3.51. The number of carbonyl (C=O) groups is 4. The SMILES string of the molecule is CC(CNC(=O)c1ccc2c(c1)C(=O)N(C1CCCCC1)C2=O)C(=O)O. The van der Waals surface area contributed by atoms with Crippen molar-refractivity contribution in [1.29, 1.82) is 0 Å². The molecular weight excluding hydrogens is 336 g/mol. The lowest BCUT2D eigenvalue weighted by atomic mass is 9.94. The fraction of sp³-hybridized carbons (Fsp3) is 0.474. The lowest BCUT2D eigenvalue weighted by molar-refractivity contribution is -0.140. The second-order valence-corrected chi connectivity index (χ2v) is 6.98. The highest BCUT2D eigenvalue weighted by molar-refractivity contribution is 6.22. The molecule has 2 N–H and O–H groups in total. The van der Waals surface area contributed by atoms with Crippen LogP contribution in [-0.4, -0.2) is 46.3 Å². The van der Waals surface area contributed by atoms with Crippen LogP contribution in [0.15, 0.2) is 18.2 Å². The molecule has 0 radical (unpaired) electrons. The van der Waals surface area contributed by atoms with Gasteiger partial charge >= 0.3 is 5.97 Å². The number of imide groups is 1. The molecule has 1 unspecified atom stereocenters. The number of carboxylic acids is 1. The van der Waals surface area contributed by atoms with Gasteiger partial charge in [0.2, 0.25) is 0 Å². The zero-order chi connectivity index (χ0) is 18.8. The van der Waals surface area contributed by atoms with Gasteiger partial charge in [0, 0.05) is 18.2 Å². The maximum Gasteiger partial charge on any atom is 0.308 e. The van der Waals surface area contributed by atoms with E-state index in [1.54, 1.807) is 0 Å². The van der Waals surface area contributed by atoms with Gasteiger partial charge in [0.05, 0.1) is 17.0 Å². The number of hydrogen-bond acceptors (Lipinski definition) is 4. The lowest BCUT2D eigenvalue weighted by Crippen LogP contribution is -2.40. The number of fused-ring (bicyclic) bond motifs is 1. The first kappa shape index (κ1) is 18.1. The van der Waals surface area contributed by atoms with Crippen molar-refractivity contribution in [3.05, 3.63) is 34.9 Å². The Balaban J connectivity index is 1.76. The summed E-state index contributed by atoms with van der Waals surface area (Å²) in [5.41, 5.74) is 0.823. The number of amides is 3. The highest BCUT2D eigenvalue weighted by Gasteiger charge is 2.40. The lowest BCUT2D eigenvalue weighted by Gasteiger charge is -2.29. The summed E-state index contributed by atoms with van der Waals surface area (Å²) in [7, 11) is 0. The molecule has 2 aliphatic rings. The Bertz CT molecular complexity index is 767. The number of benzene rings is 1. The molecule has 138 valence electrons. The first-order chi connectivity index (χ1) is 12.4. The van der Waals surface area contributed by atoms with Gasteiger partial charge in [-0.1, -0.05) is 26.2 Å². The summed E-state index contributed by atoms with van der Waals surface area (Å²) in [6, 6.07) is 4.37. The van der Waals surface area contributed by atoms with Crippen LogP contribution in [0.3, 0.4) is 0 Å². The molecule has 3 rings (SSSR count). The van der Waals surface area contributed by atoms with E-state index in [4.69, 9.17) is 5.11 Å². The maximum absolute atomic E-state index is 12.7. The third-order valence-corrected chi connectivity index (χ3v) is 5.11. The summed E-state index contributed by atoms with van der Waals surface area (Å²) in [4.78, 5) is 49.8. The smallest absolute Gasteiger partial charge is 0.308 e. The zero-order valence-corrected chi connectivity index (χ0v) is 14.7. The van der Waals surface area contributed by atoms with Gasteiger partial charge < -0.3 is 10.4 Å². The second-order valence-electron chi connectivity index (χ2n) is 6.98. The fourth-order valence-corrected chi connectivity index (χ4v) is 3.51. The second kappa shape index (κ2) is 7.27. The van der Waals surface area contributed by atoms with Gasteiger partial charge in [-0.25, -0.2) is 0 Å². The van der Waals surface area contributed by atoms with E-state index in [-0.39, 0.29) is 35.5 Å². The van der Waals surface area contributed by atoms with E-state index in [0.29, 0.717) is 5.56 Å². The summed E-state index contributed by atoms with van der Waals surface area (Å²) in [5, 5.41) is 11.4. The third-order valence-electron chi connectivity index (χ3n) is 5.11. The van der Waals surface area contributed by atoms with Crippen molar-refractivity contribution in [2.45, 2.75) is 45.1 Å². The maximum atomic E-state index is 12.7. The van der Waals surface area contributed by atoms with Crippen LogP contribution in [0, 0.1) is 5.92 Å². The largest absolute Gasteiger partial charge is 0.481 e. The van der Waals surface area contributed by atoms with E-state index < -0.39 is 17.8 Å². The van der Waals surface area contributed by atoms with Crippen LogP contribution in [0.4, 0.5) is 0 Å². The Kier molecular flexibility index (Phi) is 5.06. The van der Waals surface area contributed by atoms with Gasteiger partial charge in [0.25, 0.3) is 17.7 Å². The van der Waals surface area contributed by atoms with Crippen molar-refractivity contribution >= 4 is 23.7 Å². The molecule has 1 saturated carbocycles. The molecule has 1 aromatic rings. The number of rotatable bonds is 5. The van der Waals surface area contributed by atoms with Crippen LogP contribution in [0.5, 0.6) is 0 Å². The normalized spacial score (nSPS) is 18.6. The molecule has 7 nitrogen and oxygen atoms in total. The molecule has 0 spiro atoms. The molecule has 1 heterocycles. The summed E-state index contributed by atoms with van der Waals surface area (Å²) in [5.74, 6) is -2.80. The van der Waals surface area contributed by atoms with Gasteiger partial charge in [-0.05, 0) is 31.0 Å². The quantitative estimate of drug-likeness (QED) is 0.784. The van der Waals surface area contributed by atoms with Gasteiger partial charge in [-0.2, -0.15) is 0 Å². The summed E-state index contributed by atoms with van der Waals surface area (Å²) >= 11 is 0. The van der Waals surface area contributed by atoms with E-state index in [9.17, 15) is 19.2 Å². The molecule has 3 amide bonds. The molecule has 0 aromatic heterocycles. The van der Waals surface area contributed by atoms with Crippen molar-refractivity contribution in [2.24, 2.45) is 5.92 Å². The van der Waals surface area contributed by atoms with Crippen LogP contribution in [0.2, 0.25) is 0 Å². The van der Waals surface area contributed by atoms with E-state index in [0.717, 1.165) is 32.1 Å². The first-order valence-electron chi connectivity index (χ1n) is 8.93. The molecule has 1 aromatic carbocycles. The van der Waals surface area contributed by atoms with Crippen molar-refractivity contribution in [1.82, 2.24) is 10.2 Å². The summed E-state index contributed by atoms with van der Waals surface area (Å²) in [6.07, 6.45) is 4.79. The predicted molar refractivity (Wildman–Crippen MR) is 92.9 cm³/mol. The Morgan fingerprint density at radius 2 is 1.81 bits per heavy atom. The Morgan fingerprint density at radius 3 is 2.46 bits per heavy atom. The molecule has 26 heavy (non-hydrogen) atoms. The molecule has 1 aliphatic carbocycles. The average molecular weight is 358 g/mol. The van der Waals surface area contributed by atoms with Crippen molar-refractivity contribution in [2.75, 3.05) is 6.54 Å². The van der Waals surface area contributed by atoms with E-state index in [2.05, 4.69) is 5.32 Å². The van der Waals surface area contributed by atoms with Crippen LogP contribution >= 0.6 is 0 Å². The predicted octanol–water partition coefficient (Wildman–Crippen LogP) is 2.07. The zero-order valence-electron chi connectivity index (χ0n) is 14.7. The number of aliphatic carboxylic acids is 1. The summed E-state index contributed by atoms with van der Waals surface area (Å²) in [6.45, 7) is 1.49. The van der Waals surface area contributed by atoms with Gasteiger partial charge in [-0.3, -0.25) is 24.1 Å². The van der Waals surface area contributed by atoms with Crippen molar-refractivity contribution in [3.63, 3.8) is 0 Å². The molecular formula is C19H22N2O5. The van der Waals surface area contributed by atoms with Crippen molar-refractivity contribution in [3.8, 4) is 0 Å². The minimum atomic E-state index is -0.997. The highest BCUT2D eigenvalue weighted by atomic mass is 16.4. The summed E-state index contributed by atoms with van der Waals surface area (Å²) < 4.78 is 0. The van der Waals surface area contributed by atoms with Crippen LogP contribution in [0.1, 0.15) is 70.1 Å². The van der Waals surface area contributed by atoms with Gasteiger partial charge in [0.1, 0.15) is 0 Å². The van der Waals surface area contributed by atoms with E-state index in [1.165, 1.54) is 30.0 Å². The molecule has 1 fully saturated rings. The number of hydrogen-bond donors (Lipinski definition) is 2.